The molecule has 2 aromatic rings. The van der Waals surface area contributed by atoms with Crippen LogP contribution in [0.4, 0.5) is 0 Å². The SMILES string of the molecule is Clc1ccc(C2CCCCCC2n2cncn2)cc1. The Labute approximate surface area is 118 Å². The van der Waals surface area contributed by atoms with Gasteiger partial charge in [-0.25, -0.2) is 9.67 Å². The maximum atomic E-state index is 5.99. The van der Waals surface area contributed by atoms with Crippen LogP contribution in [-0.4, -0.2) is 14.8 Å². The Hall–Kier alpha value is -1.35. The highest BCUT2D eigenvalue weighted by molar-refractivity contribution is 6.30. The molecule has 3 rings (SSSR count). The van der Waals surface area contributed by atoms with Crippen LogP contribution in [0.2, 0.25) is 5.02 Å². The molecule has 4 heteroatoms. The van der Waals surface area contributed by atoms with E-state index in [4.69, 9.17) is 11.6 Å². The minimum Gasteiger partial charge on any atom is -0.249 e. The van der Waals surface area contributed by atoms with E-state index in [-0.39, 0.29) is 0 Å². The molecule has 19 heavy (non-hydrogen) atoms. The normalized spacial score (nSPS) is 24.1. The second-order valence-electron chi connectivity index (χ2n) is 5.24. The number of nitrogens with zero attached hydrogens (tertiary/aromatic N) is 3. The summed E-state index contributed by atoms with van der Waals surface area (Å²) in [5, 5.41) is 5.15. The molecule has 1 saturated carbocycles. The van der Waals surface area contributed by atoms with Gasteiger partial charge in [0.15, 0.2) is 0 Å². The zero-order chi connectivity index (χ0) is 13.1. The Balaban J connectivity index is 1.92. The number of benzene rings is 1. The predicted octanol–water partition coefficient (Wildman–Crippen LogP) is 4.22. The molecular weight excluding hydrogens is 258 g/mol. The van der Waals surface area contributed by atoms with E-state index < -0.39 is 0 Å². The van der Waals surface area contributed by atoms with Crippen LogP contribution in [0.3, 0.4) is 0 Å². The zero-order valence-electron chi connectivity index (χ0n) is 10.9. The fourth-order valence-corrected chi connectivity index (χ4v) is 3.22. The molecule has 1 aromatic heterocycles. The van der Waals surface area contributed by atoms with Crippen LogP contribution < -0.4 is 0 Å². The fraction of sp³-hybridized carbons (Fsp3) is 0.467. The number of hydrogen-bond acceptors (Lipinski definition) is 2. The molecule has 3 nitrogen and oxygen atoms in total. The summed E-state index contributed by atoms with van der Waals surface area (Å²) in [7, 11) is 0. The average molecular weight is 276 g/mol. The molecule has 0 N–H and O–H groups in total. The van der Waals surface area contributed by atoms with Crippen molar-refractivity contribution >= 4 is 11.6 Å². The Morgan fingerprint density at radius 1 is 1.05 bits per heavy atom. The van der Waals surface area contributed by atoms with Gasteiger partial charge in [-0.1, -0.05) is 43.0 Å². The number of aromatic nitrogens is 3. The van der Waals surface area contributed by atoms with Crippen LogP contribution in [0.15, 0.2) is 36.9 Å². The smallest absolute Gasteiger partial charge is 0.137 e. The van der Waals surface area contributed by atoms with E-state index in [2.05, 4.69) is 22.2 Å². The topological polar surface area (TPSA) is 30.7 Å². The summed E-state index contributed by atoms with van der Waals surface area (Å²) < 4.78 is 2.03. The van der Waals surface area contributed by atoms with Gasteiger partial charge in [0.05, 0.1) is 6.04 Å². The van der Waals surface area contributed by atoms with Gasteiger partial charge in [0.25, 0.3) is 0 Å². The Kier molecular flexibility index (Phi) is 3.83. The number of halogens is 1. The van der Waals surface area contributed by atoms with Gasteiger partial charge in [-0.2, -0.15) is 5.10 Å². The van der Waals surface area contributed by atoms with Gasteiger partial charge in [0.1, 0.15) is 12.7 Å². The molecule has 2 unspecified atom stereocenters. The maximum Gasteiger partial charge on any atom is 0.137 e. The minimum absolute atomic E-state index is 0.422. The third-order valence-corrected chi connectivity index (χ3v) is 4.31. The Morgan fingerprint density at radius 2 is 1.84 bits per heavy atom. The summed E-state index contributed by atoms with van der Waals surface area (Å²) in [6, 6.07) is 8.70. The lowest BCUT2D eigenvalue weighted by Crippen LogP contribution is -2.17. The van der Waals surface area contributed by atoms with Gasteiger partial charge in [-0.15, -0.1) is 0 Å². The summed E-state index contributed by atoms with van der Waals surface area (Å²) in [5.41, 5.74) is 1.37. The first kappa shape index (κ1) is 12.7. The van der Waals surface area contributed by atoms with Crippen molar-refractivity contribution in [2.45, 2.75) is 44.1 Å². The van der Waals surface area contributed by atoms with E-state index in [1.165, 1.54) is 37.7 Å². The summed E-state index contributed by atoms with van der Waals surface area (Å²) >= 11 is 5.99. The van der Waals surface area contributed by atoms with Gasteiger partial charge in [-0.05, 0) is 30.5 Å². The van der Waals surface area contributed by atoms with Crippen LogP contribution in [0.5, 0.6) is 0 Å². The van der Waals surface area contributed by atoms with Crippen molar-refractivity contribution in [3.8, 4) is 0 Å². The molecule has 100 valence electrons. The summed E-state index contributed by atoms with van der Waals surface area (Å²) in [6.07, 6.45) is 9.74. The minimum atomic E-state index is 0.422. The lowest BCUT2D eigenvalue weighted by molar-refractivity contribution is 0.357. The second kappa shape index (κ2) is 5.74. The van der Waals surface area contributed by atoms with E-state index in [1.807, 2.05) is 23.1 Å². The van der Waals surface area contributed by atoms with E-state index in [0.29, 0.717) is 12.0 Å². The van der Waals surface area contributed by atoms with Crippen LogP contribution in [0.25, 0.3) is 0 Å². The van der Waals surface area contributed by atoms with Crippen molar-refractivity contribution in [1.29, 1.82) is 0 Å². The molecule has 0 amide bonds. The van der Waals surface area contributed by atoms with Crippen LogP contribution in [0.1, 0.15) is 49.6 Å². The molecule has 0 saturated heterocycles. The monoisotopic (exact) mass is 275 g/mol. The van der Waals surface area contributed by atoms with Crippen molar-refractivity contribution in [2.24, 2.45) is 0 Å². The van der Waals surface area contributed by atoms with E-state index >= 15 is 0 Å². The lowest BCUT2D eigenvalue weighted by Gasteiger charge is -2.25. The standard InChI is InChI=1S/C15H18ClN3/c16-13-8-6-12(7-9-13)14-4-2-1-3-5-15(14)19-11-17-10-18-19/h6-11,14-15H,1-5H2. The molecule has 1 aliphatic rings. The van der Waals surface area contributed by atoms with E-state index in [9.17, 15) is 0 Å². The maximum absolute atomic E-state index is 5.99. The fourth-order valence-electron chi connectivity index (χ4n) is 3.09. The summed E-state index contributed by atoms with van der Waals surface area (Å²) in [4.78, 5) is 4.10. The van der Waals surface area contributed by atoms with Gasteiger partial charge in [-0.3, -0.25) is 0 Å². The molecule has 1 aromatic carbocycles. The predicted molar refractivity (Wildman–Crippen MR) is 76.3 cm³/mol. The third-order valence-electron chi connectivity index (χ3n) is 4.05. The summed E-state index contributed by atoms with van der Waals surface area (Å²) in [6.45, 7) is 0. The van der Waals surface area contributed by atoms with Crippen molar-refractivity contribution in [3.63, 3.8) is 0 Å². The number of hydrogen-bond donors (Lipinski definition) is 0. The third kappa shape index (κ3) is 2.81. The summed E-state index contributed by atoms with van der Waals surface area (Å²) in [5.74, 6) is 0.515. The lowest BCUT2D eigenvalue weighted by atomic mass is 9.88. The second-order valence-corrected chi connectivity index (χ2v) is 5.68. The van der Waals surface area contributed by atoms with Crippen molar-refractivity contribution in [1.82, 2.24) is 14.8 Å². The van der Waals surface area contributed by atoms with Gasteiger partial charge in [0.2, 0.25) is 0 Å². The average Bonchev–Trinajstić information content (AvgIpc) is 2.85. The Morgan fingerprint density at radius 3 is 2.58 bits per heavy atom. The largest absolute Gasteiger partial charge is 0.249 e. The number of rotatable bonds is 2. The first-order chi connectivity index (χ1) is 9.34. The van der Waals surface area contributed by atoms with Crippen molar-refractivity contribution < 1.29 is 0 Å². The Bertz CT molecular complexity index is 507. The molecule has 0 bridgehead atoms. The highest BCUT2D eigenvalue weighted by Crippen LogP contribution is 2.39. The van der Waals surface area contributed by atoms with Crippen LogP contribution in [-0.2, 0) is 0 Å². The molecule has 1 fully saturated rings. The van der Waals surface area contributed by atoms with E-state index in [1.54, 1.807) is 6.33 Å². The molecule has 1 heterocycles. The first-order valence-electron chi connectivity index (χ1n) is 6.94. The zero-order valence-corrected chi connectivity index (χ0v) is 11.6. The molecule has 1 aliphatic carbocycles. The van der Waals surface area contributed by atoms with Crippen molar-refractivity contribution in [2.75, 3.05) is 0 Å². The van der Waals surface area contributed by atoms with Gasteiger partial charge in [0, 0.05) is 10.9 Å². The molecule has 2 atom stereocenters. The van der Waals surface area contributed by atoms with E-state index in [0.717, 1.165) is 5.02 Å². The highest BCUT2D eigenvalue weighted by atomic mass is 35.5. The van der Waals surface area contributed by atoms with Crippen molar-refractivity contribution in [3.05, 3.63) is 47.5 Å². The molecule has 0 radical (unpaired) electrons. The quantitative estimate of drug-likeness (QED) is 0.768. The van der Waals surface area contributed by atoms with Gasteiger partial charge < -0.3 is 0 Å². The molecular formula is C15H18ClN3. The van der Waals surface area contributed by atoms with Gasteiger partial charge >= 0.3 is 0 Å². The van der Waals surface area contributed by atoms with Crippen LogP contribution >= 0.6 is 11.6 Å². The first-order valence-corrected chi connectivity index (χ1v) is 7.32. The molecule has 0 aliphatic heterocycles. The highest BCUT2D eigenvalue weighted by Gasteiger charge is 2.27. The molecule has 0 spiro atoms. The van der Waals surface area contributed by atoms with Crippen LogP contribution in [0, 0.1) is 0 Å².